The molecule has 0 spiro atoms. The van der Waals surface area contributed by atoms with Crippen molar-refractivity contribution in [1.82, 2.24) is 43.0 Å². The molecule has 14 heterocycles. The summed E-state index contributed by atoms with van der Waals surface area (Å²) in [5.74, 6) is 2.69. The van der Waals surface area contributed by atoms with Crippen LogP contribution in [0.3, 0.4) is 0 Å². The molecule has 30 rings (SSSR count). The number of nitrogens with one attached hydrogen (secondary N) is 8. The van der Waals surface area contributed by atoms with Crippen LogP contribution in [0.15, 0.2) is 419 Å². The minimum absolute atomic E-state index is 0.391. The van der Waals surface area contributed by atoms with Crippen molar-refractivity contribution in [2.45, 2.75) is 0 Å². The Bertz CT molecular complexity index is 9540. The molecule has 644 valence electrons. The van der Waals surface area contributed by atoms with Gasteiger partial charge in [0.2, 0.25) is 0 Å². The van der Waals surface area contributed by atoms with E-state index < -0.39 is 21.7 Å². The Hall–Kier alpha value is -18.6. The fourth-order valence-electron chi connectivity index (χ4n) is 21.4. The van der Waals surface area contributed by atoms with E-state index in [0.717, 1.165) is 197 Å². The number of hydrogen-bond donors (Lipinski definition) is 8. The quantitative estimate of drug-likeness (QED) is 0.0343. The zero-order valence-corrected chi connectivity index (χ0v) is 75.5. The molecule has 26 aromatic rings. The van der Waals surface area contributed by atoms with Gasteiger partial charge in [-0.1, -0.05) is 0 Å². The van der Waals surface area contributed by atoms with Crippen LogP contribution >= 0.6 is 0 Å². The van der Waals surface area contributed by atoms with E-state index in [1.54, 1.807) is 0 Å². The molecule has 0 amide bonds. The van der Waals surface area contributed by atoms with Crippen LogP contribution in [0.25, 0.3) is 152 Å². The van der Waals surface area contributed by atoms with E-state index in [1.165, 1.54) is 0 Å². The van der Waals surface area contributed by atoms with Gasteiger partial charge in [-0.05, 0) is 0 Å². The van der Waals surface area contributed by atoms with Crippen molar-refractivity contribution in [2.24, 2.45) is 30.0 Å². The Morgan fingerprint density at radius 3 is 0.577 bits per heavy atom. The molecular weight excluding hydrogens is 1800 g/mol. The SMILES string of the molecule is c1ccc2c(c1)ccn2Nc1c2c(c(Nn3ccc4ccccc43)c3ccccc13)C1=Nc3c4c(Nn5ccc6ccccc65)c5ccccc5c(Nn5ccc6ccccc65)c4c4[n]3[Sn][n]3c(c5c(Nn6ccc7ccccc76)c6ccccc6c(Nn6ccc7ccccc76)c5c3=NC3=NC(=N4)c4c3c(Nn3ccc5ccccc53)c3ccccc3c4Nn3ccc4ccccc43)=NC2=N1. The first-order chi connectivity index (χ1) is 67.9. The second-order valence-corrected chi connectivity index (χ2v) is 38.2. The third-order valence-corrected chi connectivity index (χ3v) is 31.2. The van der Waals surface area contributed by atoms with E-state index in [9.17, 15) is 0 Å². The molecular formula is C112H72N24Sn. The number of amidine groups is 4. The molecule has 137 heavy (non-hydrogen) atoms. The molecule has 0 unspecified atom stereocenters. The molecule has 0 aliphatic carbocycles. The molecule has 0 atom stereocenters. The summed E-state index contributed by atoms with van der Waals surface area (Å²) < 4.78 is 21.9. The van der Waals surface area contributed by atoms with Crippen LogP contribution in [-0.2, 0) is 0 Å². The van der Waals surface area contributed by atoms with Crippen molar-refractivity contribution in [1.29, 1.82) is 0 Å². The van der Waals surface area contributed by atoms with Gasteiger partial charge in [-0.25, -0.2) is 0 Å². The van der Waals surface area contributed by atoms with Crippen LogP contribution in [0.1, 0.15) is 22.3 Å². The van der Waals surface area contributed by atoms with Gasteiger partial charge in [-0.3, -0.25) is 0 Å². The number of anilines is 8. The second-order valence-electron chi connectivity index (χ2n) is 35.1. The van der Waals surface area contributed by atoms with E-state index in [2.05, 4.69) is 476 Å². The maximum atomic E-state index is 6.59. The molecule has 16 aromatic carbocycles. The predicted octanol–water partition coefficient (Wildman–Crippen LogP) is 23.7. The van der Waals surface area contributed by atoms with Gasteiger partial charge < -0.3 is 0 Å². The van der Waals surface area contributed by atoms with Gasteiger partial charge in [0.25, 0.3) is 0 Å². The van der Waals surface area contributed by atoms with Crippen molar-refractivity contribution in [3.8, 4) is 0 Å². The summed E-state index contributed by atoms with van der Waals surface area (Å²) in [5, 5.41) is 18.6. The number of rotatable bonds is 16. The molecule has 0 saturated carbocycles. The first kappa shape index (κ1) is 75.1. The number of fused-ring (bicyclic) bond motifs is 26. The third-order valence-electron chi connectivity index (χ3n) is 27.6. The zero-order chi connectivity index (χ0) is 89.3. The Morgan fingerprint density at radius 2 is 0.350 bits per heavy atom. The van der Waals surface area contributed by atoms with Gasteiger partial charge in [0.15, 0.2) is 0 Å². The molecule has 4 aliphatic heterocycles. The molecule has 4 aliphatic rings. The van der Waals surface area contributed by atoms with Gasteiger partial charge in [0.1, 0.15) is 0 Å². The van der Waals surface area contributed by atoms with E-state index in [1.807, 2.05) is 0 Å². The molecule has 6 bridgehead atoms. The number of nitrogens with zero attached hydrogens (tertiary/aromatic N) is 16. The van der Waals surface area contributed by atoms with Crippen LogP contribution in [0.4, 0.5) is 57.1 Å². The normalized spacial score (nSPS) is 13.2. The molecule has 24 nitrogen and oxygen atoms in total. The number of hydrogen-bond acceptors (Lipinski definition) is 14. The van der Waals surface area contributed by atoms with Crippen LogP contribution < -0.4 is 54.4 Å². The summed E-state index contributed by atoms with van der Waals surface area (Å²) >= 11 is -3.03. The number of aromatic nitrogens is 10. The Kier molecular flexibility index (Phi) is 15.9. The fraction of sp³-hybridized carbons (Fsp3) is 0. The average Bonchev–Trinajstić information content (AvgIpc) is 1.55. The molecule has 0 fully saturated rings. The van der Waals surface area contributed by atoms with Crippen LogP contribution in [0, 0.1) is 0 Å². The molecule has 10 aromatic heterocycles. The van der Waals surface area contributed by atoms with Crippen LogP contribution in [-0.4, -0.2) is 88.0 Å². The summed E-state index contributed by atoms with van der Waals surface area (Å²) in [6, 6.07) is 120. The summed E-state index contributed by atoms with van der Waals surface area (Å²) in [7, 11) is 0. The Balaban J connectivity index is 0.843. The van der Waals surface area contributed by atoms with E-state index in [0.29, 0.717) is 68.2 Å². The van der Waals surface area contributed by atoms with Gasteiger partial charge in [0, 0.05) is 0 Å². The van der Waals surface area contributed by atoms with Crippen LogP contribution in [0.2, 0.25) is 0 Å². The van der Waals surface area contributed by atoms with Gasteiger partial charge in [-0.2, -0.15) is 0 Å². The molecule has 0 saturated heterocycles. The van der Waals surface area contributed by atoms with E-state index >= 15 is 0 Å². The fourth-order valence-corrected chi connectivity index (χ4v) is 24.9. The predicted molar refractivity (Wildman–Crippen MR) is 559 cm³/mol. The Labute approximate surface area is 787 Å². The first-order valence-electron chi connectivity index (χ1n) is 45.6. The summed E-state index contributed by atoms with van der Waals surface area (Å²) in [6.07, 6.45) is 16.9. The van der Waals surface area contributed by atoms with Gasteiger partial charge >= 0.3 is 793 Å². The first-order valence-corrected chi connectivity index (χ1v) is 48.1. The maximum absolute atomic E-state index is 6.59. The van der Waals surface area contributed by atoms with Crippen molar-refractivity contribution in [3.63, 3.8) is 0 Å². The van der Waals surface area contributed by atoms with Gasteiger partial charge in [-0.15, -0.1) is 0 Å². The average molecular weight is 1870 g/mol. The van der Waals surface area contributed by atoms with Crippen molar-refractivity contribution < 1.29 is 0 Å². The van der Waals surface area contributed by atoms with Crippen molar-refractivity contribution in [3.05, 3.63) is 423 Å². The number of aliphatic imine (C=N–C) groups is 4. The molecule has 8 N–H and O–H groups in total. The van der Waals surface area contributed by atoms with E-state index in [4.69, 9.17) is 30.0 Å². The third kappa shape index (κ3) is 11.2. The second kappa shape index (κ2) is 29.0. The van der Waals surface area contributed by atoms with Crippen molar-refractivity contribution in [2.75, 3.05) is 43.4 Å². The molecule has 2 radical (unpaired) electrons. The van der Waals surface area contributed by atoms with Crippen molar-refractivity contribution >= 4 is 254 Å². The summed E-state index contributed by atoms with van der Waals surface area (Å²) in [5.41, 5.74) is 51.1. The van der Waals surface area contributed by atoms with Crippen LogP contribution in [0.5, 0.6) is 0 Å². The topological polar surface area (TPSA) is 220 Å². The number of para-hydroxylation sites is 8. The minimum atomic E-state index is -3.03. The zero-order valence-electron chi connectivity index (χ0n) is 72.6. The number of benzene rings is 16. The summed E-state index contributed by atoms with van der Waals surface area (Å²) in [4.78, 5) is 38.8. The summed E-state index contributed by atoms with van der Waals surface area (Å²) in [6.45, 7) is 0. The monoisotopic (exact) mass is 1870 g/mol. The Morgan fingerprint density at radius 1 is 0.168 bits per heavy atom. The van der Waals surface area contributed by atoms with E-state index in [-0.39, 0.29) is 0 Å². The molecule has 25 heteroatoms. The van der Waals surface area contributed by atoms with Gasteiger partial charge in [0.05, 0.1) is 0 Å². The standard InChI is InChI=1S/C112H72N24.Sn/c1-17-41-81-65(25-1)49-57-129(81)121-97-73-33-9-10-34-74(73)98(122-130-58-50-66-26-2-18-42-82(66)130)90-89(97)105-113-106(90)118-108-93-94(102(126-134-62-54-70-30-6-22-46-86(70)134)78-38-14-13-37-77(78)101(93)125-133-61-53-69-29-5-21-45-85(69)133)110(115-108)120-112-96-95(103(127-135-63-55-71-31-7-23-47-87(71)135)79-39-15-16-40-80(79)104(96)128-136-64-56-72-32-8-24-48-88(72)136)111(116-112)119-109-92-91(107(114-109)117-105)99(123-131-59-51-67-27-3-19-43-83(67)131)75-35-11-12-36-76(75)100(92)124-132-60-52-68-28-4-20-44-84(68)132;/h1-64,121-128H;/q-2;+2.